The second-order valence-corrected chi connectivity index (χ2v) is 6.82. The number of nitrogens with zero attached hydrogens (tertiary/aromatic N) is 1. The van der Waals surface area contributed by atoms with E-state index in [9.17, 15) is 0 Å². The molecule has 0 N–H and O–H groups in total. The van der Waals surface area contributed by atoms with Crippen LogP contribution in [0.3, 0.4) is 0 Å². The van der Waals surface area contributed by atoms with Crippen LogP contribution in [0.5, 0.6) is 0 Å². The predicted molar refractivity (Wildman–Crippen MR) is 87.5 cm³/mol. The molecule has 1 aliphatic rings. The molecule has 0 bridgehead atoms. The third-order valence-electron chi connectivity index (χ3n) is 3.85. The number of hydrogen-bond acceptors (Lipinski definition) is 1. The quantitative estimate of drug-likeness (QED) is 0.621. The lowest BCUT2D eigenvalue weighted by atomic mass is 9.94. The molecule has 1 nitrogen and oxygen atoms in total. The molecule has 2 rings (SSSR count). The Balaban J connectivity index is 2.06. The first-order valence-electron chi connectivity index (χ1n) is 6.94. The number of rotatable bonds is 5. The van der Waals surface area contributed by atoms with Crippen LogP contribution in [0, 0.1) is 0 Å². The smallest absolute Gasteiger partial charge is 0.0465 e. The van der Waals surface area contributed by atoms with E-state index in [2.05, 4.69) is 26.9 Å². The largest absolute Gasteiger partial charge is 0.295 e. The predicted octanol–water partition coefficient (Wildman–Crippen LogP) is 5.52. The maximum Gasteiger partial charge on any atom is 0.0465 e. The molecule has 0 heterocycles. The van der Waals surface area contributed by atoms with Gasteiger partial charge in [0.15, 0.2) is 0 Å². The summed E-state index contributed by atoms with van der Waals surface area (Å²) in [5.74, 6) is 0. The number of benzene rings is 1. The van der Waals surface area contributed by atoms with Gasteiger partial charge in [-0.05, 0) is 30.5 Å². The van der Waals surface area contributed by atoms with Gasteiger partial charge in [-0.1, -0.05) is 64.5 Å². The van der Waals surface area contributed by atoms with Crippen molar-refractivity contribution in [1.82, 2.24) is 4.90 Å². The van der Waals surface area contributed by atoms with Crippen molar-refractivity contribution in [3.63, 3.8) is 0 Å². The lowest BCUT2D eigenvalue weighted by Gasteiger charge is -2.34. The van der Waals surface area contributed by atoms with Crippen LogP contribution in [0.2, 0.25) is 10.0 Å². The van der Waals surface area contributed by atoms with Crippen LogP contribution >= 0.6 is 39.1 Å². The zero-order valence-corrected chi connectivity index (χ0v) is 14.1. The minimum atomic E-state index is 0.707. The van der Waals surface area contributed by atoms with Gasteiger partial charge in [0.2, 0.25) is 0 Å². The summed E-state index contributed by atoms with van der Waals surface area (Å²) in [4.78, 5) is 2.56. The van der Waals surface area contributed by atoms with E-state index < -0.39 is 0 Å². The summed E-state index contributed by atoms with van der Waals surface area (Å²) in [6.45, 7) is 2.00. The molecule has 1 fully saturated rings. The third kappa shape index (κ3) is 4.63. The second kappa shape index (κ2) is 7.87. The number of alkyl halides is 1. The van der Waals surface area contributed by atoms with Crippen LogP contribution in [-0.2, 0) is 6.54 Å². The highest BCUT2D eigenvalue weighted by molar-refractivity contribution is 9.09. The fourth-order valence-electron chi connectivity index (χ4n) is 2.81. The van der Waals surface area contributed by atoms with E-state index in [-0.39, 0.29) is 0 Å². The van der Waals surface area contributed by atoms with Gasteiger partial charge in [0, 0.05) is 34.5 Å². The molecule has 0 atom stereocenters. The molecule has 1 aliphatic carbocycles. The minimum absolute atomic E-state index is 0.707. The number of hydrogen-bond donors (Lipinski definition) is 0. The SMILES string of the molecule is Clc1ccc(CN(CCBr)C2CCCCC2)c(Cl)c1. The Kier molecular flexibility index (Phi) is 6.48. The van der Waals surface area contributed by atoms with Crippen molar-refractivity contribution in [2.75, 3.05) is 11.9 Å². The third-order valence-corrected chi connectivity index (χ3v) is 4.79. The van der Waals surface area contributed by atoms with Crippen molar-refractivity contribution < 1.29 is 0 Å². The molecule has 0 unspecified atom stereocenters. The van der Waals surface area contributed by atoms with Crippen molar-refractivity contribution in [2.24, 2.45) is 0 Å². The van der Waals surface area contributed by atoms with Crippen LogP contribution in [0.1, 0.15) is 37.7 Å². The maximum atomic E-state index is 6.29. The zero-order valence-electron chi connectivity index (χ0n) is 11.0. The number of halogens is 3. The van der Waals surface area contributed by atoms with E-state index in [1.54, 1.807) is 0 Å². The van der Waals surface area contributed by atoms with Gasteiger partial charge in [-0.25, -0.2) is 0 Å². The summed E-state index contributed by atoms with van der Waals surface area (Å²) >= 11 is 15.8. The lowest BCUT2D eigenvalue weighted by Crippen LogP contribution is -2.37. The molecule has 0 saturated heterocycles. The Morgan fingerprint density at radius 2 is 1.89 bits per heavy atom. The van der Waals surface area contributed by atoms with Crippen LogP contribution in [-0.4, -0.2) is 22.8 Å². The Hall–Kier alpha value is 0.240. The van der Waals surface area contributed by atoms with E-state index in [1.807, 2.05) is 12.1 Å². The fourth-order valence-corrected chi connectivity index (χ4v) is 3.74. The summed E-state index contributed by atoms with van der Waals surface area (Å²) in [5, 5.41) is 2.50. The maximum absolute atomic E-state index is 6.29. The summed E-state index contributed by atoms with van der Waals surface area (Å²) in [6.07, 6.45) is 6.74. The van der Waals surface area contributed by atoms with Gasteiger partial charge in [0.05, 0.1) is 0 Å². The van der Waals surface area contributed by atoms with Crippen LogP contribution in [0.4, 0.5) is 0 Å². The van der Waals surface area contributed by atoms with Crippen LogP contribution in [0.25, 0.3) is 0 Å². The van der Waals surface area contributed by atoms with E-state index in [0.29, 0.717) is 11.1 Å². The minimum Gasteiger partial charge on any atom is -0.295 e. The first-order valence-corrected chi connectivity index (χ1v) is 8.82. The summed E-state index contributed by atoms with van der Waals surface area (Å²) in [7, 11) is 0. The van der Waals surface area contributed by atoms with Gasteiger partial charge in [-0.2, -0.15) is 0 Å². The fraction of sp³-hybridized carbons (Fsp3) is 0.600. The molecule has 0 spiro atoms. The molecule has 106 valence electrons. The molecule has 0 aliphatic heterocycles. The summed E-state index contributed by atoms with van der Waals surface area (Å²) < 4.78 is 0. The highest BCUT2D eigenvalue weighted by Crippen LogP contribution is 2.27. The van der Waals surface area contributed by atoms with Crippen molar-refractivity contribution in [3.8, 4) is 0 Å². The average molecular weight is 365 g/mol. The first-order chi connectivity index (χ1) is 9.20. The van der Waals surface area contributed by atoms with Gasteiger partial charge >= 0.3 is 0 Å². The standard InChI is InChI=1S/C15H20BrCl2N/c16-8-9-19(14-4-2-1-3-5-14)11-12-6-7-13(17)10-15(12)18/h6-7,10,14H,1-5,8-9,11H2. The zero-order chi connectivity index (χ0) is 13.7. The van der Waals surface area contributed by atoms with Crippen molar-refractivity contribution in [3.05, 3.63) is 33.8 Å². The molecular formula is C15H20BrCl2N. The van der Waals surface area contributed by atoms with E-state index in [1.165, 1.54) is 37.7 Å². The Bertz CT molecular complexity index is 405. The van der Waals surface area contributed by atoms with Gasteiger partial charge < -0.3 is 0 Å². The Morgan fingerprint density at radius 3 is 2.53 bits per heavy atom. The molecule has 1 saturated carbocycles. The average Bonchev–Trinajstić information content (AvgIpc) is 2.42. The van der Waals surface area contributed by atoms with Crippen molar-refractivity contribution in [1.29, 1.82) is 0 Å². The molecular weight excluding hydrogens is 345 g/mol. The molecule has 0 aromatic heterocycles. The van der Waals surface area contributed by atoms with Crippen LogP contribution < -0.4 is 0 Å². The van der Waals surface area contributed by atoms with Crippen LogP contribution in [0.15, 0.2) is 18.2 Å². The molecule has 4 heteroatoms. The van der Waals surface area contributed by atoms with Gasteiger partial charge in [-0.3, -0.25) is 4.90 Å². The Morgan fingerprint density at radius 1 is 1.16 bits per heavy atom. The van der Waals surface area contributed by atoms with Crippen molar-refractivity contribution in [2.45, 2.75) is 44.7 Å². The van der Waals surface area contributed by atoms with E-state index in [4.69, 9.17) is 23.2 Å². The van der Waals surface area contributed by atoms with E-state index >= 15 is 0 Å². The first kappa shape index (κ1) is 15.6. The molecule has 1 aromatic carbocycles. The monoisotopic (exact) mass is 363 g/mol. The molecule has 19 heavy (non-hydrogen) atoms. The molecule has 0 amide bonds. The van der Waals surface area contributed by atoms with Crippen molar-refractivity contribution >= 4 is 39.1 Å². The molecule has 0 radical (unpaired) electrons. The topological polar surface area (TPSA) is 3.24 Å². The van der Waals surface area contributed by atoms with Gasteiger partial charge in [0.1, 0.15) is 0 Å². The normalized spacial score (nSPS) is 17.1. The highest BCUT2D eigenvalue weighted by Gasteiger charge is 2.21. The lowest BCUT2D eigenvalue weighted by molar-refractivity contribution is 0.158. The summed E-state index contributed by atoms with van der Waals surface area (Å²) in [5.41, 5.74) is 1.18. The van der Waals surface area contributed by atoms with Gasteiger partial charge in [-0.15, -0.1) is 0 Å². The highest BCUT2D eigenvalue weighted by atomic mass is 79.9. The van der Waals surface area contributed by atoms with Gasteiger partial charge in [0.25, 0.3) is 0 Å². The second-order valence-electron chi connectivity index (χ2n) is 5.19. The Labute approximate surface area is 134 Å². The van der Waals surface area contributed by atoms with E-state index in [0.717, 1.165) is 23.4 Å². The molecule has 1 aromatic rings. The summed E-state index contributed by atoms with van der Waals surface area (Å²) in [6, 6.07) is 6.52.